The van der Waals surface area contributed by atoms with Crippen molar-refractivity contribution in [3.63, 3.8) is 0 Å². The molecule has 2 N–H and O–H groups in total. The molecule has 0 aliphatic rings. The number of nitrogens with two attached hydrogens (primary N) is 1. The van der Waals surface area contributed by atoms with E-state index >= 15 is 0 Å². The largest absolute Gasteiger partial charge is 0.441 e. The molecular weight excluding hydrogens is 216 g/mol. The second-order valence-corrected chi connectivity index (χ2v) is 3.54. The van der Waals surface area contributed by atoms with E-state index in [9.17, 15) is 9.00 Å². The average molecular weight is 227 g/mol. The molecule has 0 aliphatic carbocycles. The van der Waals surface area contributed by atoms with Gasteiger partial charge in [-0.25, -0.2) is 4.79 Å². The summed E-state index contributed by atoms with van der Waals surface area (Å²) in [6.45, 7) is 1.70. The quantitative estimate of drug-likeness (QED) is 0.783. The minimum atomic E-state index is -2.02. The summed E-state index contributed by atoms with van der Waals surface area (Å²) in [6.07, 6.45) is -1.36. The fourth-order valence-electron chi connectivity index (χ4n) is 1.04. The summed E-state index contributed by atoms with van der Waals surface area (Å²) in [4.78, 5) is 11.0. The van der Waals surface area contributed by atoms with Crippen LogP contribution in [-0.2, 0) is 19.7 Å². The van der Waals surface area contributed by atoms with Gasteiger partial charge in [-0.3, -0.25) is 4.36 Å². The van der Waals surface area contributed by atoms with E-state index in [4.69, 9.17) is 9.88 Å². The summed E-state index contributed by atoms with van der Waals surface area (Å²) < 4.78 is 18.3. The van der Waals surface area contributed by atoms with Crippen LogP contribution in [0.5, 0.6) is 0 Å². The van der Waals surface area contributed by atoms with Crippen LogP contribution in [0.25, 0.3) is 0 Å². The van der Waals surface area contributed by atoms with Crippen LogP contribution in [0.4, 0.5) is 4.79 Å². The Bertz CT molecular complexity index is 413. The number of ether oxygens (including phenoxy) is 1. The van der Waals surface area contributed by atoms with Crippen LogP contribution in [0, 0.1) is 0 Å². The van der Waals surface area contributed by atoms with Gasteiger partial charge in [0, 0.05) is 0 Å². The first-order valence-corrected chi connectivity index (χ1v) is 5.40. The maximum absolute atomic E-state index is 11.0. The Kier molecular flexibility index (Phi) is 4.26. The van der Waals surface area contributed by atoms with Crippen molar-refractivity contribution in [2.75, 3.05) is 0 Å². The molecule has 0 unspecified atom stereocenters. The fourth-order valence-corrected chi connectivity index (χ4v) is 1.23. The summed E-state index contributed by atoms with van der Waals surface area (Å²) in [5.74, 6) is 0. The normalized spacial score (nSPS) is 14.5. The van der Waals surface area contributed by atoms with Crippen LogP contribution in [-0.4, -0.2) is 6.09 Å². The number of benzene rings is 1. The molecule has 0 aromatic heterocycles. The molecular formula is C9H11N2O3S-. The number of hydrogen-bond donors (Lipinski definition) is 1. The molecule has 0 saturated carbocycles. The van der Waals surface area contributed by atoms with Crippen molar-refractivity contribution in [3.05, 3.63) is 35.9 Å². The lowest BCUT2D eigenvalue weighted by molar-refractivity contribution is 0.117. The maximum Gasteiger partial charge on any atom is 0.411 e. The zero-order valence-electron chi connectivity index (χ0n) is 8.12. The van der Waals surface area contributed by atoms with Crippen LogP contribution in [0.3, 0.4) is 0 Å². The number of nitrogens with zero attached hydrogens (tertiary/aromatic N) is 1. The summed E-state index contributed by atoms with van der Waals surface area (Å²) in [5, 5.41) is 4.81. The Hall–Kier alpha value is -1.40. The summed E-state index contributed by atoms with van der Waals surface area (Å²) in [6, 6.07) is 9.15. The molecule has 1 amide bonds. The van der Waals surface area contributed by atoms with E-state index in [0.29, 0.717) is 0 Å². The first kappa shape index (κ1) is 11.7. The number of carbonyl (C=O) groups excluding carboxylic acids is 1. The van der Waals surface area contributed by atoms with Crippen molar-refractivity contribution in [1.29, 1.82) is 0 Å². The zero-order chi connectivity index (χ0) is 11.3. The molecule has 0 aliphatic heterocycles. The van der Waals surface area contributed by atoms with Gasteiger partial charge in [0.25, 0.3) is 0 Å². The maximum atomic E-state index is 11.0. The molecule has 1 aromatic carbocycles. The van der Waals surface area contributed by atoms with Crippen molar-refractivity contribution in [2.24, 2.45) is 9.50 Å². The van der Waals surface area contributed by atoms with Gasteiger partial charge in [-0.15, -0.1) is 10.8 Å². The van der Waals surface area contributed by atoms with Gasteiger partial charge in [0.2, 0.25) is 0 Å². The third-order valence-electron chi connectivity index (χ3n) is 1.71. The highest BCUT2D eigenvalue weighted by molar-refractivity contribution is 7.72. The van der Waals surface area contributed by atoms with Crippen LogP contribution >= 0.6 is 0 Å². The Morgan fingerprint density at radius 1 is 1.47 bits per heavy atom. The van der Waals surface area contributed by atoms with E-state index in [0.717, 1.165) is 5.56 Å². The molecule has 0 heterocycles. The van der Waals surface area contributed by atoms with Crippen LogP contribution in [0.1, 0.15) is 18.6 Å². The number of hydrogen-bond acceptors (Lipinski definition) is 4. The summed E-state index contributed by atoms with van der Waals surface area (Å²) in [7, 11) is -2.02. The molecule has 0 bridgehead atoms. The molecule has 0 fully saturated rings. The van der Waals surface area contributed by atoms with E-state index in [1.807, 2.05) is 30.3 Å². The number of carbonyl (C=O) groups is 1. The molecule has 6 heteroatoms. The van der Waals surface area contributed by atoms with Crippen molar-refractivity contribution in [2.45, 2.75) is 13.0 Å². The second kappa shape index (κ2) is 5.47. The topological polar surface area (TPSA) is 81.8 Å². The monoisotopic (exact) mass is 227 g/mol. The van der Waals surface area contributed by atoms with Crippen molar-refractivity contribution in [3.8, 4) is 0 Å². The van der Waals surface area contributed by atoms with Crippen LogP contribution in [0.15, 0.2) is 34.7 Å². The molecule has 82 valence electrons. The van der Waals surface area contributed by atoms with Crippen molar-refractivity contribution >= 4 is 16.9 Å². The highest BCUT2D eigenvalue weighted by Crippen LogP contribution is 2.16. The summed E-state index contributed by atoms with van der Waals surface area (Å²) in [5.41, 5.74) is 0.837. The molecule has 0 saturated heterocycles. The smallest absolute Gasteiger partial charge is 0.411 e. The van der Waals surface area contributed by atoms with E-state index < -0.39 is 23.0 Å². The highest BCUT2D eigenvalue weighted by Gasteiger charge is 2.08. The SMILES string of the molecule is C[C@@H](OC(=O)N=[S-](N)=O)c1ccccc1. The minimum absolute atomic E-state index is 0.439. The highest BCUT2D eigenvalue weighted by atomic mass is 32.2. The minimum Gasteiger partial charge on any atom is -0.441 e. The number of rotatable bonds is 2. The lowest BCUT2D eigenvalue weighted by Crippen LogP contribution is -2.06. The third-order valence-corrected chi connectivity index (χ3v) is 2.04. The lowest BCUT2D eigenvalue weighted by Gasteiger charge is -2.11. The predicted octanol–water partition coefficient (Wildman–Crippen LogP) is 1.91. The van der Waals surface area contributed by atoms with Gasteiger partial charge in [0.15, 0.2) is 0 Å². The Morgan fingerprint density at radius 2 is 2.07 bits per heavy atom. The molecule has 15 heavy (non-hydrogen) atoms. The second-order valence-electron chi connectivity index (χ2n) is 2.80. The van der Waals surface area contributed by atoms with E-state index in [1.165, 1.54) is 0 Å². The lowest BCUT2D eigenvalue weighted by atomic mass is 10.1. The van der Waals surface area contributed by atoms with Gasteiger partial charge >= 0.3 is 6.09 Å². The van der Waals surface area contributed by atoms with Gasteiger partial charge in [0.05, 0.1) is 0 Å². The van der Waals surface area contributed by atoms with Gasteiger partial charge < -0.3 is 14.1 Å². The third kappa shape index (κ3) is 4.09. The standard InChI is InChI=1S/C9H11N2O3S/c1-7(8-5-3-2-4-6-8)14-9(12)11-15(10)13/h2-7H,1H3,(H2,10,11,12,13)/q-1/t7-/m1/s1. The van der Waals surface area contributed by atoms with Gasteiger partial charge in [-0.1, -0.05) is 30.3 Å². The van der Waals surface area contributed by atoms with Gasteiger partial charge in [-0.2, -0.15) is 0 Å². The van der Waals surface area contributed by atoms with Crippen molar-refractivity contribution < 1.29 is 13.7 Å². The fraction of sp³-hybridized carbons (Fsp3) is 0.222. The predicted molar refractivity (Wildman–Crippen MR) is 56.0 cm³/mol. The zero-order valence-corrected chi connectivity index (χ0v) is 8.94. The molecule has 1 atom stereocenters. The Morgan fingerprint density at radius 3 is 2.60 bits per heavy atom. The summed E-state index contributed by atoms with van der Waals surface area (Å²) >= 11 is 0. The molecule has 1 aromatic rings. The van der Waals surface area contributed by atoms with E-state index in [1.54, 1.807) is 6.92 Å². The van der Waals surface area contributed by atoms with Crippen LogP contribution in [0.2, 0.25) is 0 Å². The first-order valence-electron chi connectivity index (χ1n) is 4.23. The Labute approximate surface area is 89.6 Å². The molecule has 1 rings (SSSR count). The number of amides is 1. The van der Waals surface area contributed by atoms with E-state index in [-0.39, 0.29) is 0 Å². The Balaban J connectivity index is 2.65. The molecule has 0 spiro atoms. The molecule has 0 radical (unpaired) electrons. The first-order chi connectivity index (χ1) is 7.09. The van der Waals surface area contributed by atoms with Crippen LogP contribution < -0.4 is 5.14 Å². The molecule has 5 nitrogen and oxygen atoms in total. The van der Waals surface area contributed by atoms with E-state index in [2.05, 4.69) is 4.36 Å². The average Bonchev–Trinajstić information content (AvgIpc) is 2.17. The van der Waals surface area contributed by atoms with Crippen molar-refractivity contribution in [1.82, 2.24) is 0 Å². The van der Waals surface area contributed by atoms with Gasteiger partial charge in [-0.05, 0) is 12.5 Å². The van der Waals surface area contributed by atoms with Gasteiger partial charge in [0.1, 0.15) is 6.10 Å².